The average molecular weight is 185 g/mol. The largest absolute Gasteiger partial charge is 0.280 e. The van der Waals surface area contributed by atoms with Gasteiger partial charge in [0.25, 0.3) is 0 Å². The molecule has 0 saturated carbocycles. The molecule has 2 rings (SSSR count). The van der Waals surface area contributed by atoms with Crippen molar-refractivity contribution in [3.63, 3.8) is 0 Å². The third-order valence-electron chi connectivity index (χ3n) is 1.10. The molecule has 0 aliphatic heterocycles. The molecule has 0 amide bonds. The number of rotatable bonds is 1. The summed E-state index contributed by atoms with van der Waals surface area (Å²) in [4.78, 5) is 3.96. The van der Waals surface area contributed by atoms with E-state index in [-0.39, 0.29) is 0 Å². The summed E-state index contributed by atoms with van der Waals surface area (Å²) in [6.07, 6.45) is 0. The summed E-state index contributed by atoms with van der Waals surface area (Å²) in [6.45, 7) is 0. The van der Waals surface area contributed by atoms with Gasteiger partial charge in [-0.05, 0) is 23.8 Å². The minimum Gasteiger partial charge on any atom is -0.280 e. The van der Waals surface area contributed by atoms with Crippen molar-refractivity contribution < 1.29 is 0 Å². The van der Waals surface area contributed by atoms with E-state index in [0.717, 1.165) is 0 Å². The van der Waals surface area contributed by atoms with E-state index >= 15 is 0 Å². The van der Waals surface area contributed by atoms with Gasteiger partial charge < -0.3 is 0 Å². The Morgan fingerprint density at radius 1 is 1.45 bits per heavy atom. The topological polar surface area (TPSA) is 70.2 Å². The Hall–Kier alpha value is -1.08. The number of hydrogen-bond acceptors (Lipinski definition) is 5. The molecular weight excluding hydrogens is 182 g/mol. The first-order chi connectivity index (χ1) is 5.36. The number of nitrogens with one attached hydrogen (secondary N) is 2. The van der Waals surface area contributed by atoms with Gasteiger partial charge in [-0.2, -0.15) is 4.98 Å². The van der Waals surface area contributed by atoms with Gasteiger partial charge in [0.15, 0.2) is 5.82 Å². The SMILES string of the molecule is S=c1nc(-c2csnn2)[nH][nH]1. The molecule has 0 fully saturated rings. The Bertz CT molecular complexity index is 385. The fourth-order valence-electron chi connectivity index (χ4n) is 0.659. The van der Waals surface area contributed by atoms with Crippen molar-refractivity contribution >= 4 is 23.8 Å². The molecule has 11 heavy (non-hydrogen) atoms. The summed E-state index contributed by atoms with van der Waals surface area (Å²) in [7, 11) is 0. The average Bonchev–Trinajstić information content (AvgIpc) is 2.55. The van der Waals surface area contributed by atoms with Crippen LogP contribution >= 0.6 is 23.8 Å². The van der Waals surface area contributed by atoms with Crippen LogP contribution in [0.3, 0.4) is 0 Å². The lowest BCUT2D eigenvalue weighted by Gasteiger charge is -1.81. The highest BCUT2D eigenvalue weighted by atomic mass is 32.1. The first kappa shape index (κ1) is 6.62. The lowest BCUT2D eigenvalue weighted by molar-refractivity contribution is 1.06. The van der Waals surface area contributed by atoms with Crippen molar-refractivity contribution in [3.05, 3.63) is 10.2 Å². The molecule has 0 spiro atoms. The quantitative estimate of drug-likeness (QED) is 0.650. The summed E-state index contributed by atoms with van der Waals surface area (Å²) in [5.74, 6) is 0.628. The summed E-state index contributed by atoms with van der Waals surface area (Å²) in [5.41, 5.74) is 0.711. The van der Waals surface area contributed by atoms with E-state index in [9.17, 15) is 0 Å². The number of nitrogens with zero attached hydrogens (tertiary/aromatic N) is 3. The van der Waals surface area contributed by atoms with Crippen molar-refractivity contribution in [2.45, 2.75) is 0 Å². The zero-order valence-electron chi connectivity index (χ0n) is 5.24. The van der Waals surface area contributed by atoms with Crippen LogP contribution in [0.25, 0.3) is 11.5 Å². The highest BCUT2D eigenvalue weighted by Crippen LogP contribution is 2.10. The molecule has 0 bridgehead atoms. The molecule has 0 saturated heterocycles. The highest BCUT2D eigenvalue weighted by Gasteiger charge is 2.02. The normalized spacial score (nSPS) is 10.2. The lowest BCUT2D eigenvalue weighted by Crippen LogP contribution is -1.79. The number of aromatic amines is 2. The fourth-order valence-corrected chi connectivity index (χ4v) is 1.24. The van der Waals surface area contributed by atoms with Crippen LogP contribution in [-0.2, 0) is 0 Å². The zero-order valence-corrected chi connectivity index (χ0v) is 6.87. The van der Waals surface area contributed by atoms with Crippen LogP contribution in [-0.4, -0.2) is 24.8 Å². The van der Waals surface area contributed by atoms with Gasteiger partial charge in [-0.25, -0.2) is 0 Å². The maximum Gasteiger partial charge on any atom is 0.213 e. The van der Waals surface area contributed by atoms with E-state index in [0.29, 0.717) is 16.3 Å². The molecule has 2 aromatic rings. The van der Waals surface area contributed by atoms with E-state index in [1.165, 1.54) is 11.5 Å². The lowest BCUT2D eigenvalue weighted by atomic mass is 10.5. The molecule has 0 unspecified atom stereocenters. The van der Waals surface area contributed by atoms with Crippen LogP contribution in [0.1, 0.15) is 0 Å². The van der Waals surface area contributed by atoms with Gasteiger partial charge >= 0.3 is 0 Å². The first-order valence-electron chi connectivity index (χ1n) is 2.78. The Balaban J connectivity index is 2.53. The fraction of sp³-hybridized carbons (Fsp3) is 0. The van der Waals surface area contributed by atoms with Gasteiger partial charge in [-0.3, -0.25) is 10.2 Å². The van der Waals surface area contributed by atoms with Gasteiger partial charge in [0.1, 0.15) is 5.69 Å². The molecule has 7 heteroatoms. The van der Waals surface area contributed by atoms with Crippen LogP contribution in [0.15, 0.2) is 5.38 Å². The summed E-state index contributed by atoms with van der Waals surface area (Å²) in [5, 5.41) is 11.0. The standard InChI is InChI=1S/C4H3N5S2/c10-4-5-3(7-8-4)2-1-11-9-6-2/h1H,(H2,5,7,8,10). The molecule has 0 atom stereocenters. The second-order valence-corrected chi connectivity index (χ2v) is 2.80. The van der Waals surface area contributed by atoms with Gasteiger partial charge in [0, 0.05) is 5.38 Å². The minimum absolute atomic E-state index is 0.424. The molecule has 0 aliphatic carbocycles. The minimum atomic E-state index is 0.424. The summed E-state index contributed by atoms with van der Waals surface area (Å²) >= 11 is 6.04. The van der Waals surface area contributed by atoms with E-state index in [1.807, 2.05) is 0 Å². The smallest absolute Gasteiger partial charge is 0.213 e. The summed E-state index contributed by atoms with van der Waals surface area (Å²) < 4.78 is 4.12. The van der Waals surface area contributed by atoms with E-state index in [4.69, 9.17) is 12.2 Å². The molecule has 5 nitrogen and oxygen atoms in total. The van der Waals surface area contributed by atoms with Crippen LogP contribution in [0.5, 0.6) is 0 Å². The number of aromatic nitrogens is 5. The molecule has 0 radical (unpaired) electrons. The van der Waals surface area contributed by atoms with Crippen molar-refractivity contribution in [2.24, 2.45) is 0 Å². The summed E-state index contributed by atoms with van der Waals surface area (Å²) in [6, 6.07) is 0. The number of H-pyrrole nitrogens is 2. The van der Waals surface area contributed by atoms with Gasteiger partial charge in [0.2, 0.25) is 4.77 Å². The van der Waals surface area contributed by atoms with Crippen molar-refractivity contribution in [1.29, 1.82) is 0 Å². The van der Waals surface area contributed by atoms with Gasteiger partial charge in [-0.15, -0.1) is 5.10 Å². The van der Waals surface area contributed by atoms with E-state index in [1.54, 1.807) is 5.38 Å². The Morgan fingerprint density at radius 3 is 2.91 bits per heavy atom. The molecule has 0 aromatic carbocycles. The predicted molar refractivity (Wildman–Crippen MR) is 42.7 cm³/mol. The molecular formula is C4H3N5S2. The molecule has 2 aromatic heterocycles. The van der Waals surface area contributed by atoms with Crippen LogP contribution < -0.4 is 0 Å². The highest BCUT2D eigenvalue weighted by molar-refractivity contribution is 7.71. The van der Waals surface area contributed by atoms with Crippen molar-refractivity contribution in [1.82, 2.24) is 24.8 Å². The molecule has 2 heterocycles. The Kier molecular flexibility index (Phi) is 1.51. The second-order valence-electron chi connectivity index (χ2n) is 1.81. The Morgan fingerprint density at radius 2 is 2.36 bits per heavy atom. The maximum absolute atomic E-state index is 4.76. The Labute approximate surface area is 70.7 Å². The third-order valence-corrected chi connectivity index (χ3v) is 1.80. The van der Waals surface area contributed by atoms with Gasteiger partial charge in [-0.1, -0.05) is 4.49 Å². The van der Waals surface area contributed by atoms with E-state index < -0.39 is 0 Å². The zero-order chi connectivity index (χ0) is 7.68. The first-order valence-corrected chi connectivity index (χ1v) is 4.03. The predicted octanol–water partition coefficient (Wildman–Crippen LogP) is 0.986. The van der Waals surface area contributed by atoms with Crippen LogP contribution in [0.2, 0.25) is 0 Å². The van der Waals surface area contributed by atoms with Crippen LogP contribution in [0, 0.1) is 4.77 Å². The molecule has 56 valence electrons. The molecule has 0 aliphatic rings. The van der Waals surface area contributed by atoms with Gasteiger partial charge in [0.05, 0.1) is 0 Å². The third kappa shape index (κ3) is 1.19. The van der Waals surface area contributed by atoms with E-state index in [2.05, 4.69) is 24.8 Å². The van der Waals surface area contributed by atoms with Crippen molar-refractivity contribution in [2.75, 3.05) is 0 Å². The number of hydrogen-bond donors (Lipinski definition) is 2. The van der Waals surface area contributed by atoms with Crippen molar-refractivity contribution in [3.8, 4) is 11.5 Å². The molecule has 2 N–H and O–H groups in total. The monoisotopic (exact) mass is 185 g/mol. The maximum atomic E-state index is 4.76. The second kappa shape index (κ2) is 2.51. The van der Waals surface area contributed by atoms with Crippen LogP contribution in [0.4, 0.5) is 0 Å².